The molecule has 0 aromatic carbocycles. The van der Waals surface area contributed by atoms with Crippen LogP contribution in [0.15, 0.2) is 5.16 Å². The number of likely N-dealkylation sites (tertiary alicyclic amines) is 1. The third-order valence-electron chi connectivity index (χ3n) is 3.64. The summed E-state index contributed by atoms with van der Waals surface area (Å²) in [5.41, 5.74) is 0.871. The molecule has 5 heteroatoms. The first-order chi connectivity index (χ1) is 8.60. The summed E-state index contributed by atoms with van der Waals surface area (Å²) in [5.74, 6) is 0.365. The van der Waals surface area contributed by atoms with E-state index in [9.17, 15) is 4.79 Å². The summed E-state index contributed by atoms with van der Waals surface area (Å²) in [6.45, 7) is 8.20. The van der Waals surface area contributed by atoms with Crippen molar-refractivity contribution in [3.8, 4) is 0 Å². The maximum absolute atomic E-state index is 11.8. The average molecular weight is 255 g/mol. The van der Waals surface area contributed by atoms with Crippen molar-refractivity contribution in [2.75, 3.05) is 19.6 Å². The van der Waals surface area contributed by atoms with Crippen LogP contribution in [0.4, 0.5) is 0 Å². The van der Waals surface area contributed by atoms with Gasteiger partial charge in [0.15, 0.2) is 0 Å². The zero-order valence-electron chi connectivity index (χ0n) is 11.6. The van der Waals surface area contributed by atoms with Gasteiger partial charge in [0, 0.05) is 31.5 Å². The Balaban J connectivity index is 2.42. The van der Waals surface area contributed by atoms with Gasteiger partial charge in [0.2, 0.25) is 5.91 Å². The molecule has 18 heavy (non-hydrogen) atoms. The third kappa shape index (κ3) is 4.29. The molecule has 2 N–H and O–H groups in total. The van der Waals surface area contributed by atoms with Crippen molar-refractivity contribution in [1.82, 2.24) is 10.2 Å². The molecular weight excluding hydrogens is 230 g/mol. The summed E-state index contributed by atoms with van der Waals surface area (Å²) in [4.78, 5) is 13.9. The van der Waals surface area contributed by atoms with Gasteiger partial charge in [0.25, 0.3) is 0 Å². The Labute approximate surface area is 109 Å². The molecule has 0 spiro atoms. The number of nitrogens with zero attached hydrogens (tertiary/aromatic N) is 2. The normalized spacial score (nSPS) is 25.1. The number of carbonyl (C=O) groups is 1. The largest absolute Gasteiger partial charge is 0.411 e. The van der Waals surface area contributed by atoms with Crippen LogP contribution in [0.5, 0.6) is 0 Å². The molecule has 0 bridgehead atoms. The van der Waals surface area contributed by atoms with Crippen LogP contribution in [0.1, 0.15) is 40.0 Å². The predicted octanol–water partition coefficient (Wildman–Crippen LogP) is 1.46. The van der Waals surface area contributed by atoms with Crippen molar-refractivity contribution in [2.45, 2.75) is 46.1 Å². The van der Waals surface area contributed by atoms with Gasteiger partial charge in [0.05, 0.1) is 12.3 Å². The second kappa shape index (κ2) is 7.36. The molecule has 1 fully saturated rings. The van der Waals surface area contributed by atoms with Gasteiger partial charge in [-0.15, -0.1) is 0 Å². The summed E-state index contributed by atoms with van der Waals surface area (Å²) >= 11 is 0. The third-order valence-corrected chi connectivity index (χ3v) is 3.64. The van der Waals surface area contributed by atoms with Gasteiger partial charge in [-0.1, -0.05) is 19.0 Å². The second-order valence-corrected chi connectivity index (χ2v) is 5.06. The highest BCUT2D eigenvalue weighted by molar-refractivity contribution is 5.87. The van der Waals surface area contributed by atoms with E-state index in [1.807, 2.05) is 6.92 Å². The predicted molar refractivity (Wildman–Crippen MR) is 72.0 cm³/mol. The van der Waals surface area contributed by atoms with E-state index in [0.29, 0.717) is 6.54 Å². The minimum Gasteiger partial charge on any atom is -0.411 e. The number of nitrogens with one attached hydrogen (secondary N) is 1. The zero-order valence-corrected chi connectivity index (χ0v) is 11.6. The van der Waals surface area contributed by atoms with Gasteiger partial charge in [-0.2, -0.15) is 0 Å². The number of oxime groups is 1. The van der Waals surface area contributed by atoms with Crippen LogP contribution < -0.4 is 5.32 Å². The lowest BCUT2D eigenvalue weighted by Gasteiger charge is -2.32. The fraction of sp³-hybridized carbons (Fsp3) is 0.846. The van der Waals surface area contributed by atoms with Gasteiger partial charge < -0.3 is 10.5 Å². The quantitative estimate of drug-likeness (QED) is 0.577. The minimum absolute atomic E-state index is 0.0867. The lowest BCUT2D eigenvalue weighted by atomic mass is 9.93. The zero-order chi connectivity index (χ0) is 13.5. The monoisotopic (exact) mass is 255 g/mol. The standard InChI is InChI=1S/C13H25N3O2/c1-4-10(3)14-13(17)9-16-7-6-12(15-18)11(5-2)8-16/h10-11,18H,4-9H2,1-3H3,(H,14,17). The molecule has 0 aromatic rings. The Morgan fingerprint density at radius 3 is 2.89 bits per heavy atom. The van der Waals surface area contributed by atoms with Crippen LogP contribution in [0.2, 0.25) is 0 Å². The highest BCUT2D eigenvalue weighted by Gasteiger charge is 2.25. The maximum Gasteiger partial charge on any atom is 0.234 e. The summed E-state index contributed by atoms with van der Waals surface area (Å²) < 4.78 is 0. The molecule has 1 saturated heterocycles. The van der Waals surface area contributed by atoms with Crippen molar-refractivity contribution < 1.29 is 10.0 Å². The van der Waals surface area contributed by atoms with E-state index in [4.69, 9.17) is 5.21 Å². The Kier molecular flexibility index (Phi) is 6.12. The Hall–Kier alpha value is -1.10. The van der Waals surface area contributed by atoms with Crippen LogP contribution in [0, 0.1) is 5.92 Å². The molecule has 0 aliphatic carbocycles. The first-order valence-electron chi connectivity index (χ1n) is 6.83. The van der Waals surface area contributed by atoms with Crippen LogP contribution in [-0.2, 0) is 4.79 Å². The Morgan fingerprint density at radius 2 is 2.33 bits per heavy atom. The smallest absolute Gasteiger partial charge is 0.234 e. The molecular formula is C13H25N3O2. The Morgan fingerprint density at radius 1 is 1.61 bits per heavy atom. The average Bonchev–Trinajstić information content (AvgIpc) is 2.38. The minimum atomic E-state index is 0.0867. The van der Waals surface area contributed by atoms with Crippen LogP contribution in [0.3, 0.4) is 0 Å². The fourth-order valence-corrected chi connectivity index (χ4v) is 2.25. The highest BCUT2D eigenvalue weighted by Crippen LogP contribution is 2.17. The molecule has 1 heterocycles. The summed E-state index contributed by atoms with van der Waals surface area (Å²) in [6, 6.07) is 0.235. The van der Waals surface area contributed by atoms with Gasteiger partial charge in [-0.25, -0.2) is 0 Å². The van der Waals surface area contributed by atoms with E-state index in [0.717, 1.165) is 38.1 Å². The van der Waals surface area contributed by atoms with Gasteiger partial charge in [-0.05, 0) is 19.8 Å². The molecule has 1 aliphatic rings. The van der Waals surface area contributed by atoms with Gasteiger partial charge in [-0.3, -0.25) is 9.69 Å². The SMILES string of the molecule is CCC(C)NC(=O)CN1CCC(=NO)C(CC)C1. The van der Waals surface area contributed by atoms with E-state index < -0.39 is 0 Å². The van der Waals surface area contributed by atoms with E-state index >= 15 is 0 Å². The molecule has 0 aromatic heterocycles. The van der Waals surface area contributed by atoms with Crippen LogP contribution >= 0.6 is 0 Å². The molecule has 1 aliphatic heterocycles. The second-order valence-electron chi connectivity index (χ2n) is 5.06. The number of hydrogen-bond acceptors (Lipinski definition) is 4. The highest BCUT2D eigenvalue weighted by atomic mass is 16.4. The number of carbonyl (C=O) groups excluding carboxylic acids is 1. The van der Waals surface area contributed by atoms with Crippen LogP contribution in [0.25, 0.3) is 0 Å². The van der Waals surface area contributed by atoms with Crippen molar-refractivity contribution in [1.29, 1.82) is 0 Å². The molecule has 0 radical (unpaired) electrons. The number of amides is 1. The van der Waals surface area contributed by atoms with E-state index in [-0.39, 0.29) is 17.9 Å². The lowest BCUT2D eigenvalue weighted by Crippen LogP contribution is -2.46. The number of hydrogen-bond donors (Lipinski definition) is 2. The van der Waals surface area contributed by atoms with Crippen LogP contribution in [-0.4, -0.2) is 47.4 Å². The number of piperidine rings is 1. The summed E-state index contributed by atoms with van der Waals surface area (Å²) in [5, 5.41) is 15.2. The van der Waals surface area contributed by atoms with Crippen molar-refractivity contribution in [3.63, 3.8) is 0 Å². The molecule has 1 rings (SSSR count). The van der Waals surface area contributed by atoms with Crippen molar-refractivity contribution >= 4 is 11.6 Å². The lowest BCUT2D eigenvalue weighted by molar-refractivity contribution is -0.123. The molecule has 2 unspecified atom stereocenters. The van der Waals surface area contributed by atoms with Gasteiger partial charge >= 0.3 is 0 Å². The number of rotatable bonds is 5. The fourth-order valence-electron chi connectivity index (χ4n) is 2.25. The molecule has 5 nitrogen and oxygen atoms in total. The van der Waals surface area contributed by atoms with E-state index in [1.54, 1.807) is 0 Å². The van der Waals surface area contributed by atoms with Gasteiger partial charge in [0.1, 0.15) is 0 Å². The van der Waals surface area contributed by atoms with E-state index in [1.165, 1.54) is 0 Å². The van der Waals surface area contributed by atoms with Crippen molar-refractivity contribution in [3.05, 3.63) is 0 Å². The maximum atomic E-state index is 11.8. The first-order valence-corrected chi connectivity index (χ1v) is 6.83. The topological polar surface area (TPSA) is 64.9 Å². The Bertz CT molecular complexity index is 305. The first kappa shape index (κ1) is 15.0. The summed E-state index contributed by atoms with van der Waals surface area (Å²) in [6.07, 6.45) is 2.65. The molecule has 2 atom stereocenters. The van der Waals surface area contributed by atoms with Crippen molar-refractivity contribution in [2.24, 2.45) is 11.1 Å². The van der Waals surface area contributed by atoms with E-state index in [2.05, 4.69) is 29.2 Å². The molecule has 1 amide bonds. The molecule has 104 valence electrons. The summed E-state index contributed by atoms with van der Waals surface area (Å²) in [7, 11) is 0. The molecule has 0 saturated carbocycles.